The van der Waals surface area contributed by atoms with Crippen molar-refractivity contribution in [3.8, 4) is 11.8 Å². The zero-order valence-electron chi connectivity index (χ0n) is 16.8. The topological polar surface area (TPSA) is 74.5 Å². The van der Waals surface area contributed by atoms with E-state index in [0.29, 0.717) is 43.7 Å². The average Bonchev–Trinajstić information content (AvgIpc) is 3.15. The van der Waals surface area contributed by atoms with Crippen LogP contribution in [0.15, 0.2) is 70.6 Å². The summed E-state index contributed by atoms with van der Waals surface area (Å²) in [5.41, 5.74) is 2.76. The highest BCUT2D eigenvalue weighted by molar-refractivity contribution is 14.1. The van der Waals surface area contributed by atoms with Gasteiger partial charge in [0.2, 0.25) is 0 Å². The molecule has 1 saturated heterocycles. The van der Waals surface area contributed by atoms with Gasteiger partial charge in [-0.1, -0.05) is 53.5 Å². The smallest absolute Gasteiger partial charge is 0.264 e. The molecule has 1 aliphatic heterocycles. The first kappa shape index (κ1) is 23.6. The van der Waals surface area contributed by atoms with Gasteiger partial charge >= 0.3 is 0 Å². The van der Waals surface area contributed by atoms with Gasteiger partial charge in [-0.05, 0) is 76.3 Å². The van der Waals surface area contributed by atoms with Crippen molar-refractivity contribution in [1.82, 2.24) is 5.32 Å². The molecule has 1 heterocycles. The number of nitrogens with zero attached hydrogens (tertiary/aromatic N) is 2. The quantitative estimate of drug-likeness (QED) is 0.252. The first-order valence-electron chi connectivity index (χ1n) is 9.58. The van der Waals surface area contributed by atoms with E-state index in [1.807, 2.05) is 36.4 Å². The molecular formula is C24H14Cl2IN3O2S. The Hall–Kier alpha value is -2.51. The van der Waals surface area contributed by atoms with E-state index in [1.54, 1.807) is 30.3 Å². The second-order valence-corrected chi connectivity index (χ2v) is 9.78. The average molecular weight is 606 g/mol. The molecule has 0 aromatic heterocycles. The number of halogens is 3. The van der Waals surface area contributed by atoms with Gasteiger partial charge in [0.15, 0.2) is 5.17 Å². The maximum atomic E-state index is 12.4. The maximum Gasteiger partial charge on any atom is 0.264 e. The predicted molar refractivity (Wildman–Crippen MR) is 142 cm³/mol. The van der Waals surface area contributed by atoms with E-state index in [9.17, 15) is 10.1 Å². The van der Waals surface area contributed by atoms with Gasteiger partial charge in [-0.15, -0.1) is 0 Å². The highest BCUT2D eigenvalue weighted by Gasteiger charge is 2.24. The largest absolute Gasteiger partial charge is 0.488 e. The Bertz CT molecular complexity index is 1350. The summed E-state index contributed by atoms with van der Waals surface area (Å²) in [7, 11) is 0. The van der Waals surface area contributed by atoms with Crippen LogP contribution in [0.3, 0.4) is 0 Å². The number of aliphatic imine (C=N–C) groups is 1. The number of benzene rings is 3. The highest BCUT2D eigenvalue weighted by Crippen LogP contribution is 2.35. The van der Waals surface area contributed by atoms with Gasteiger partial charge in [0.05, 0.1) is 35.8 Å². The normalized spacial score (nSPS) is 15.5. The van der Waals surface area contributed by atoms with Crippen LogP contribution in [-0.2, 0) is 11.4 Å². The van der Waals surface area contributed by atoms with Gasteiger partial charge in [-0.3, -0.25) is 4.79 Å². The van der Waals surface area contributed by atoms with Gasteiger partial charge in [0, 0.05) is 5.56 Å². The predicted octanol–water partition coefficient (Wildman–Crippen LogP) is 6.94. The summed E-state index contributed by atoms with van der Waals surface area (Å²) < 4.78 is 6.80. The molecule has 4 rings (SSSR count). The molecule has 0 bridgehead atoms. The van der Waals surface area contributed by atoms with E-state index in [1.165, 1.54) is 11.8 Å². The lowest BCUT2D eigenvalue weighted by Gasteiger charge is -2.10. The Morgan fingerprint density at radius 3 is 2.76 bits per heavy atom. The van der Waals surface area contributed by atoms with Crippen LogP contribution in [0.5, 0.6) is 5.75 Å². The van der Waals surface area contributed by atoms with Crippen LogP contribution in [0.4, 0.5) is 5.69 Å². The van der Waals surface area contributed by atoms with Crippen molar-refractivity contribution in [1.29, 1.82) is 5.26 Å². The van der Waals surface area contributed by atoms with E-state index >= 15 is 0 Å². The van der Waals surface area contributed by atoms with E-state index in [4.69, 9.17) is 27.9 Å². The third-order valence-electron chi connectivity index (χ3n) is 4.58. The van der Waals surface area contributed by atoms with Crippen LogP contribution in [0.1, 0.15) is 16.7 Å². The van der Waals surface area contributed by atoms with E-state index in [-0.39, 0.29) is 5.91 Å². The molecule has 0 atom stereocenters. The third kappa shape index (κ3) is 5.71. The minimum Gasteiger partial charge on any atom is -0.488 e. The van der Waals surface area contributed by atoms with Crippen LogP contribution < -0.4 is 10.1 Å². The SMILES string of the molecule is N#Cc1ccccc1COc1ccc(/C=C2/SC(=Nc3cccc(Cl)c3Cl)NC2=O)cc1I. The van der Waals surface area contributed by atoms with E-state index < -0.39 is 0 Å². The van der Waals surface area contributed by atoms with Crippen LogP contribution in [-0.4, -0.2) is 11.1 Å². The summed E-state index contributed by atoms with van der Waals surface area (Å²) in [5, 5.41) is 13.1. The standard InChI is InChI=1S/C24H14Cl2IN3O2S/c25-17-6-3-7-19(22(17)26)29-24-30-23(31)21(33-24)11-14-8-9-20(18(27)10-14)32-13-16-5-2-1-4-15(16)12-28/h1-11H,13H2,(H,29,30,31)/b21-11+. The summed E-state index contributed by atoms with van der Waals surface area (Å²) in [4.78, 5) is 17.3. The molecule has 1 amide bonds. The van der Waals surface area contributed by atoms with Crippen molar-refractivity contribution in [3.63, 3.8) is 0 Å². The monoisotopic (exact) mass is 605 g/mol. The summed E-state index contributed by atoms with van der Waals surface area (Å²) in [6, 6.07) is 20.3. The number of ether oxygens (including phenoxy) is 1. The Morgan fingerprint density at radius 2 is 1.97 bits per heavy atom. The van der Waals surface area contributed by atoms with Gasteiger partial charge in [-0.25, -0.2) is 4.99 Å². The fraction of sp³-hybridized carbons (Fsp3) is 0.0417. The minimum absolute atomic E-state index is 0.236. The van der Waals surface area contributed by atoms with E-state index in [2.05, 4.69) is 39.0 Å². The molecule has 1 aliphatic rings. The van der Waals surface area contributed by atoms with Crippen LogP contribution in [0, 0.1) is 14.9 Å². The van der Waals surface area contributed by atoms with Gasteiger partial charge < -0.3 is 10.1 Å². The number of carbonyl (C=O) groups is 1. The third-order valence-corrected chi connectivity index (χ3v) is 7.14. The molecule has 0 radical (unpaired) electrons. The number of hydrogen-bond acceptors (Lipinski definition) is 5. The number of thioether (sulfide) groups is 1. The molecule has 1 fully saturated rings. The molecule has 1 N–H and O–H groups in total. The molecule has 0 aliphatic carbocycles. The van der Waals surface area contributed by atoms with Gasteiger partial charge in [0.25, 0.3) is 5.91 Å². The molecule has 9 heteroatoms. The number of nitrogens with one attached hydrogen (secondary N) is 1. The second-order valence-electron chi connectivity index (χ2n) is 6.80. The summed E-state index contributed by atoms with van der Waals surface area (Å²) in [6.45, 7) is 0.296. The lowest BCUT2D eigenvalue weighted by atomic mass is 10.1. The summed E-state index contributed by atoms with van der Waals surface area (Å²) in [6.07, 6.45) is 1.79. The van der Waals surface area contributed by atoms with Crippen LogP contribution in [0.25, 0.3) is 6.08 Å². The molecular weight excluding hydrogens is 592 g/mol. The van der Waals surface area contributed by atoms with Crippen molar-refractivity contribution in [2.24, 2.45) is 4.99 Å². The van der Waals surface area contributed by atoms with Gasteiger partial charge in [0.1, 0.15) is 12.4 Å². The lowest BCUT2D eigenvalue weighted by molar-refractivity contribution is -0.115. The number of amides is 1. The molecule has 33 heavy (non-hydrogen) atoms. The van der Waals surface area contributed by atoms with Crippen LogP contribution >= 0.6 is 57.6 Å². The number of nitriles is 1. The fourth-order valence-electron chi connectivity index (χ4n) is 2.95. The van der Waals surface area contributed by atoms with Crippen molar-refractivity contribution in [2.75, 3.05) is 0 Å². The fourth-order valence-corrected chi connectivity index (χ4v) is 4.82. The molecule has 3 aromatic carbocycles. The first-order valence-corrected chi connectivity index (χ1v) is 12.2. The molecule has 0 unspecified atom stereocenters. The van der Waals surface area contributed by atoms with E-state index in [0.717, 1.165) is 14.7 Å². The molecule has 0 saturated carbocycles. The summed E-state index contributed by atoms with van der Waals surface area (Å²) in [5.74, 6) is 0.465. The Balaban J connectivity index is 1.48. The Kier molecular flexibility index (Phi) is 7.60. The zero-order valence-corrected chi connectivity index (χ0v) is 21.3. The number of amidine groups is 1. The Morgan fingerprint density at radius 1 is 1.15 bits per heavy atom. The number of hydrogen-bond donors (Lipinski definition) is 1. The van der Waals surface area contributed by atoms with Crippen molar-refractivity contribution >= 4 is 80.4 Å². The number of rotatable bonds is 5. The molecule has 3 aromatic rings. The molecule has 5 nitrogen and oxygen atoms in total. The molecule has 0 spiro atoms. The number of carbonyl (C=O) groups excluding carboxylic acids is 1. The molecule has 164 valence electrons. The minimum atomic E-state index is -0.236. The zero-order chi connectivity index (χ0) is 23.4. The maximum absolute atomic E-state index is 12.4. The highest BCUT2D eigenvalue weighted by atomic mass is 127. The van der Waals surface area contributed by atoms with Crippen molar-refractivity contribution in [3.05, 3.63) is 95.9 Å². The lowest BCUT2D eigenvalue weighted by Crippen LogP contribution is -2.19. The van der Waals surface area contributed by atoms with Crippen molar-refractivity contribution in [2.45, 2.75) is 6.61 Å². The van der Waals surface area contributed by atoms with Crippen molar-refractivity contribution < 1.29 is 9.53 Å². The first-order chi connectivity index (χ1) is 15.9. The Labute approximate surface area is 218 Å². The summed E-state index contributed by atoms with van der Waals surface area (Å²) >= 11 is 15.6. The second kappa shape index (κ2) is 10.6. The van der Waals surface area contributed by atoms with Crippen LogP contribution in [0.2, 0.25) is 10.0 Å². The van der Waals surface area contributed by atoms with Gasteiger partial charge in [-0.2, -0.15) is 5.26 Å².